The second-order valence-electron chi connectivity index (χ2n) is 11.8. The smallest absolute Gasteiger partial charge is 0.270 e. The zero-order valence-electron chi connectivity index (χ0n) is 22.4. The fraction of sp³-hybridized carbons (Fsp3) is 0.607. The first-order valence-corrected chi connectivity index (χ1v) is 13.9. The maximum Gasteiger partial charge on any atom is 0.270 e. The molecule has 6 unspecified atom stereocenters. The Balaban J connectivity index is 1.40. The molecule has 2 amide bonds. The molecule has 9 nitrogen and oxygen atoms in total. The summed E-state index contributed by atoms with van der Waals surface area (Å²) >= 11 is 6.15. The lowest BCUT2D eigenvalue weighted by Crippen LogP contribution is -2.54. The van der Waals surface area contributed by atoms with Gasteiger partial charge in [-0.15, -0.1) is 0 Å². The van der Waals surface area contributed by atoms with Crippen LogP contribution in [0.4, 0.5) is 4.39 Å². The van der Waals surface area contributed by atoms with Crippen LogP contribution in [0.2, 0.25) is 5.02 Å². The summed E-state index contributed by atoms with van der Waals surface area (Å²) in [4.78, 5) is 30.8. The fourth-order valence-electron chi connectivity index (χ4n) is 6.95. The summed E-state index contributed by atoms with van der Waals surface area (Å²) in [5, 5.41) is 27.7. The van der Waals surface area contributed by atoms with E-state index < -0.39 is 24.1 Å². The number of aliphatic hydroxyl groups excluding tert-OH is 1. The molecule has 4 N–H and O–H groups in total. The number of carbonyl (C=O) groups is 2. The lowest BCUT2D eigenvalue weighted by molar-refractivity contribution is -0.123. The minimum atomic E-state index is -1.17. The van der Waals surface area contributed by atoms with Gasteiger partial charge in [0.15, 0.2) is 0 Å². The molecule has 1 aliphatic carbocycles. The number of benzene rings is 1. The number of methoxy groups -OCH3 is 1. The Morgan fingerprint density at radius 2 is 2.13 bits per heavy atom. The van der Waals surface area contributed by atoms with Gasteiger partial charge in [-0.3, -0.25) is 14.9 Å². The Kier molecular flexibility index (Phi) is 7.53. The van der Waals surface area contributed by atoms with Crippen molar-refractivity contribution in [3.8, 4) is 11.8 Å². The number of hydrogen-bond acceptors (Lipinski definition) is 6. The number of rotatable bonds is 7. The molecule has 0 bridgehead atoms. The molecular formula is C28H35ClFN5O4. The maximum absolute atomic E-state index is 14.7. The summed E-state index contributed by atoms with van der Waals surface area (Å²) in [5.41, 5.74) is -0.0492. The summed E-state index contributed by atoms with van der Waals surface area (Å²) in [6, 6.07) is 3.52. The van der Waals surface area contributed by atoms with E-state index in [0.29, 0.717) is 18.4 Å². The number of aliphatic hydroxyl groups is 1. The molecule has 0 radical (unpaired) electrons. The summed E-state index contributed by atoms with van der Waals surface area (Å²) in [6.45, 7) is 4.34. The third-order valence-corrected chi connectivity index (χ3v) is 8.91. The molecule has 2 saturated heterocycles. The Bertz CT molecular complexity index is 1320. The topological polar surface area (TPSA) is 130 Å². The molecule has 6 atom stereocenters. The number of H-pyrrole nitrogens is 1. The van der Waals surface area contributed by atoms with E-state index in [0.717, 1.165) is 31.7 Å². The number of fused-ring (bicyclic) bond motifs is 2. The normalized spacial score (nSPS) is 27.6. The average molecular weight is 560 g/mol. The average Bonchev–Trinajstić information content (AvgIpc) is 3.56. The van der Waals surface area contributed by atoms with E-state index in [2.05, 4.69) is 21.7 Å². The van der Waals surface area contributed by atoms with Gasteiger partial charge in [0.25, 0.3) is 5.91 Å². The van der Waals surface area contributed by atoms with Gasteiger partial charge in [-0.2, -0.15) is 5.26 Å². The molecule has 1 aromatic carbocycles. The van der Waals surface area contributed by atoms with E-state index in [4.69, 9.17) is 16.3 Å². The minimum Gasteiger partial charge on any atom is -0.494 e. The fourth-order valence-corrected chi connectivity index (χ4v) is 7.23. The highest BCUT2D eigenvalue weighted by Gasteiger charge is 2.49. The van der Waals surface area contributed by atoms with Crippen molar-refractivity contribution < 1.29 is 23.8 Å². The van der Waals surface area contributed by atoms with Crippen molar-refractivity contribution in [2.24, 2.45) is 17.8 Å². The van der Waals surface area contributed by atoms with Crippen LogP contribution in [0.1, 0.15) is 62.9 Å². The predicted octanol–water partition coefficient (Wildman–Crippen LogP) is 3.70. The van der Waals surface area contributed by atoms with Crippen LogP contribution in [-0.2, 0) is 4.79 Å². The van der Waals surface area contributed by atoms with Crippen molar-refractivity contribution in [1.29, 1.82) is 5.26 Å². The summed E-state index contributed by atoms with van der Waals surface area (Å²) < 4.78 is 20.0. The van der Waals surface area contributed by atoms with Gasteiger partial charge < -0.3 is 25.0 Å². The van der Waals surface area contributed by atoms with E-state index >= 15 is 0 Å². The lowest BCUT2D eigenvalue weighted by atomic mass is 9.78. The van der Waals surface area contributed by atoms with Crippen LogP contribution < -0.4 is 15.4 Å². The first kappa shape index (κ1) is 27.7. The van der Waals surface area contributed by atoms with Crippen LogP contribution in [0.25, 0.3) is 10.9 Å². The van der Waals surface area contributed by atoms with E-state index in [1.165, 1.54) is 13.2 Å². The minimum absolute atomic E-state index is 0.0587. The lowest BCUT2D eigenvalue weighted by Gasteiger charge is -2.35. The Hall–Kier alpha value is -2.87. The molecule has 11 heteroatoms. The molecule has 210 valence electrons. The third kappa shape index (κ3) is 5.20. The van der Waals surface area contributed by atoms with Gasteiger partial charge in [0.2, 0.25) is 5.91 Å². The van der Waals surface area contributed by atoms with Crippen molar-refractivity contribution in [3.63, 3.8) is 0 Å². The maximum atomic E-state index is 14.7. The Morgan fingerprint density at radius 3 is 2.79 bits per heavy atom. The Labute approximate surface area is 232 Å². The number of aromatic nitrogens is 1. The van der Waals surface area contributed by atoms with E-state index in [1.54, 1.807) is 4.90 Å². The zero-order chi connectivity index (χ0) is 28.1. The van der Waals surface area contributed by atoms with Crippen molar-refractivity contribution >= 4 is 34.3 Å². The van der Waals surface area contributed by atoms with E-state index in [-0.39, 0.29) is 63.5 Å². The molecule has 2 aromatic rings. The number of halogens is 2. The van der Waals surface area contributed by atoms with Gasteiger partial charge in [0.05, 0.1) is 35.8 Å². The van der Waals surface area contributed by atoms with E-state index in [9.17, 15) is 24.3 Å². The molecular weight excluding hydrogens is 525 g/mol. The first-order valence-electron chi connectivity index (χ1n) is 13.5. The van der Waals surface area contributed by atoms with Crippen LogP contribution in [0.5, 0.6) is 5.75 Å². The molecule has 3 fully saturated rings. The van der Waals surface area contributed by atoms with Gasteiger partial charge in [-0.1, -0.05) is 24.4 Å². The monoisotopic (exact) mass is 559 g/mol. The number of aromatic amines is 1. The van der Waals surface area contributed by atoms with Gasteiger partial charge >= 0.3 is 0 Å². The highest BCUT2D eigenvalue weighted by Crippen LogP contribution is 2.43. The summed E-state index contributed by atoms with van der Waals surface area (Å²) in [5.74, 6) is -0.847. The number of ether oxygens (including phenoxy) is 1. The second-order valence-corrected chi connectivity index (χ2v) is 12.2. The summed E-state index contributed by atoms with van der Waals surface area (Å²) in [7, 11) is 1.43. The first-order chi connectivity index (χ1) is 18.5. The molecule has 3 heterocycles. The highest BCUT2D eigenvalue weighted by atomic mass is 35.5. The van der Waals surface area contributed by atoms with Gasteiger partial charge in [-0.25, -0.2) is 4.39 Å². The number of likely N-dealkylation sites (tertiary alicyclic amines) is 1. The van der Waals surface area contributed by atoms with Crippen LogP contribution in [0.3, 0.4) is 0 Å². The number of amides is 2. The van der Waals surface area contributed by atoms with Crippen molar-refractivity contribution in [2.75, 3.05) is 13.7 Å². The quantitative estimate of drug-likeness (QED) is 0.383. The molecule has 1 aromatic heterocycles. The van der Waals surface area contributed by atoms with Gasteiger partial charge in [-0.05, 0) is 63.5 Å². The molecule has 3 aliphatic rings. The van der Waals surface area contributed by atoms with Crippen molar-refractivity contribution in [1.82, 2.24) is 20.5 Å². The van der Waals surface area contributed by atoms with Crippen molar-refractivity contribution in [2.45, 2.75) is 76.2 Å². The Morgan fingerprint density at radius 1 is 1.38 bits per heavy atom. The SMILES string of the molecule is COc1c(Cl)cc(F)c2[nH]c(C(=O)N3CC4CCCCC4C3C(O)NC(C#N)CC3CC(C)(C)NC3=O)cc12. The summed E-state index contributed by atoms with van der Waals surface area (Å²) in [6.07, 6.45) is 3.55. The number of hydrogen-bond donors (Lipinski definition) is 4. The largest absolute Gasteiger partial charge is 0.494 e. The number of nitrogens with one attached hydrogen (secondary N) is 3. The van der Waals surface area contributed by atoms with Crippen LogP contribution >= 0.6 is 11.6 Å². The molecule has 5 rings (SSSR count). The second kappa shape index (κ2) is 10.6. The molecule has 39 heavy (non-hydrogen) atoms. The van der Waals surface area contributed by atoms with Crippen LogP contribution in [-0.4, -0.2) is 64.3 Å². The number of carbonyl (C=O) groups excluding carboxylic acids is 2. The van der Waals surface area contributed by atoms with Crippen molar-refractivity contribution in [3.05, 3.63) is 28.7 Å². The van der Waals surface area contributed by atoms with E-state index in [1.807, 2.05) is 13.8 Å². The highest BCUT2D eigenvalue weighted by molar-refractivity contribution is 6.33. The standard InChI is InChI=1S/C28H35ClFN5O4/c1-28(2)11-15(25(36)34-28)8-16(12-31)32-26(37)23-17-7-5-4-6-14(17)13-35(23)27(38)21-9-18-22(33-21)20(30)10-19(29)24(18)39-3/h9-10,14-17,23,26,32-33,37H,4-8,11,13H2,1-3H3,(H,34,36). The molecule has 2 aliphatic heterocycles. The van der Waals surface area contributed by atoms with Crippen LogP contribution in [0.15, 0.2) is 12.1 Å². The molecule has 0 spiro atoms. The number of nitriles is 1. The van der Waals surface area contributed by atoms with Crippen LogP contribution in [0, 0.1) is 34.9 Å². The molecule has 1 saturated carbocycles. The van der Waals surface area contributed by atoms with Gasteiger partial charge in [0.1, 0.15) is 23.5 Å². The van der Waals surface area contributed by atoms with Gasteiger partial charge in [0, 0.05) is 23.4 Å². The number of nitrogens with zero attached hydrogens (tertiary/aromatic N) is 2. The zero-order valence-corrected chi connectivity index (χ0v) is 23.1. The predicted molar refractivity (Wildman–Crippen MR) is 144 cm³/mol. The third-order valence-electron chi connectivity index (χ3n) is 8.63.